The zero-order valence-corrected chi connectivity index (χ0v) is 12.6. The first-order chi connectivity index (χ1) is 9.15. The normalized spacial score (nSPS) is 17.2. The van der Waals surface area contributed by atoms with Gasteiger partial charge >= 0.3 is 0 Å². The van der Waals surface area contributed by atoms with Gasteiger partial charge in [-0.1, -0.05) is 65.0 Å². The molecule has 0 aliphatic carbocycles. The zero-order chi connectivity index (χ0) is 14.7. The quantitative estimate of drug-likeness (QED) is 0.335. The molecule has 2 N–H and O–H groups in total. The first kappa shape index (κ1) is 18.4. The molecule has 0 saturated carbocycles. The van der Waals surface area contributed by atoms with Crippen LogP contribution >= 0.6 is 0 Å². The molecule has 0 spiro atoms. The fourth-order valence-corrected chi connectivity index (χ4v) is 2.57. The van der Waals surface area contributed by atoms with Crippen LogP contribution in [0, 0.1) is 25.7 Å². The molecule has 0 rings (SSSR count). The van der Waals surface area contributed by atoms with E-state index in [4.69, 9.17) is 0 Å². The number of rotatable bonds is 11. The van der Waals surface area contributed by atoms with Gasteiger partial charge in [0.2, 0.25) is 0 Å². The van der Waals surface area contributed by atoms with Crippen LogP contribution in [0.1, 0.15) is 65.2 Å². The highest BCUT2D eigenvalue weighted by Crippen LogP contribution is 2.24. The highest BCUT2D eigenvalue weighted by Gasteiger charge is 2.27. The molecule has 0 bridgehead atoms. The van der Waals surface area contributed by atoms with Gasteiger partial charge in [0, 0.05) is 5.92 Å². The lowest BCUT2D eigenvalue weighted by molar-refractivity contribution is 0.146. The second-order valence-electron chi connectivity index (χ2n) is 5.23. The predicted molar refractivity (Wildman–Crippen MR) is 81.2 cm³/mol. The molecule has 0 aromatic heterocycles. The number of nitrogens with zero attached hydrogens (tertiary/aromatic N) is 1. The van der Waals surface area contributed by atoms with E-state index in [1.54, 1.807) is 0 Å². The molecule has 0 saturated heterocycles. The van der Waals surface area contributed by atoms with Gasteiger partial charge in [0.05, 0.1) is 11.8 Å². The van der Waals surface area contributed by atoms with Crippen LogP contribution in [0.4, 0.5) is 0 Å². The third kappa shape index (κ3) is 6.42. The first-order valence-corrected chi connectivity index (χ1v) is 7.64. The average molecular weight is 269 g/mol. The van der Waals surface area contributed by atoms with Crippen LogP contribution in [0.15, 0.2) is 5.16 Å². The number of hydrogen-bond acceptors (Lipinski definition) is 3. The first-order valence-electron chi connectivity index (χ1n) is 7.64. The molecule has 0 amide bonds. The fraction of sp³-hybridized carbons (Fsp3) is 0.812. The fourth-order valence-electron chi connectivity index (χ4n) is 2.57. The summed E-state index contributed by atoms with van der Waals surface area (Å²) in [6.07, 6.45) is 6.79. The maximum absolute atomic E-state index is 10.5. The molecule has 2 radical (unpaired) electrons. The van der Waals surface area contributed by atoms with Crippen molar-refractivity contribution < 1.29 is 10.3 Å². The van der Waals surface area contributed by atoms with Gasteiger partial charge in [-0.3, -0.25) is 0 Å². The summed E-state index contributed by atoms with van der Waals surface area (Å²) in [7, 11) is 0. The number of unbranched alkanes of at least 4 members (excludes halogenated alkanes) is 2. The van der Waals surface area contributed by atoms with E-state index in [2.05, 4.69) is 32.9 Å². The summed E-state index contributed by atoms with van der Waals surface area (Å²) in [5.74, 6) is 0.331. The van der Waals surface area contributed by atoms with E-state index >= 15 is 0 Å². The van der Waals surface area contributed by atoms with E-state index in [0.717, 1.165) is 51.4 Å². The van der Waals surface area contributed by atoms with Crippen molar-refractivity contribution in [2.24, 2.45) is 17.0 Å². The van der Waals surface area contributed by atoms with Crippen molar-refractivity contribution in [3.63, 3.8) is 0 Å². The summed E-state index contributed by atoms with van der Waals surface area (Å²) in [4.78, 5) is 0. The van der Waals surface area contributed by atoms with E-state index in [9.17, 15) is 10.3 Å². The van der Waals surface area contributed by atoms with Crippen molar-refractivity contribution in [1.29, 1.82) is 0 Å². The van der Waals surface area contributed by atoms with E-state index < -0.39 is 6.10 Å². The van der Waals surface area contributed by atoms with Gasteiger partial charge < -0.3 is 10.3 Å². The topological polar surface area (TPSA) is 52.8 Å². The third-order valence-electron chi connectivity index (χ3n) is 3.93. The standard InChI is InChI=1S/C16H31NO2/c1-5-9-11-13(7-3)15(17-19)16(18)14(8-4)12-10-6-2/h13-14,16,18-19H,1-2,5-12H2,3-4H3. The molecular weight excluding hydrogens is 238 g/mol. The Morgan fingerprint density at radius 2 is 1.63 bits per heavy atom. The lowest BCUT2D eigenvalue weighted by Crippen LogP contribution is -2.34. The average Bonchev–Trinajstić information content (AvgIpc) is 2.44. The molecule has 3 atom stereocenters. The van der Waals surface area contributed by atoms with Gasteiger partial charge in [0.25, 0.3) is 0 Å². The minimum atomic E-state index is -0.628. The van der Waals surface area contributed by atoms with Crippen molar-refractivity contribution in [2.75, 3.05) is 0 Å². The van der Waals surface area contributed by atoms with Crippen molar-refractivity contribution in [3.05, 3.63) is 13.8 Å². The smallest absolute Gasteiger partial charge is 0.0984 e. The van der Waals surface area contributed by atoms with Crippen LogP contribution in [0.3, 0.4) is 0 Å². The van der Waals surface area contributed by atoms with Gasteiger partial charge in [-0.15, -0.1) is 0 Å². The number of aliphatic hydroxyl groups excluding tert-OH is 1. The Bertz CT molecular complexity index is 241. The van der Waals surface area contributed by atoms with Crippen LogP contribution in [0.25, 0.3) is 0 Å². The van der Waals surface area contributed by atoms with E-state index in [1.165, 1.54) is 0 Å². The molecule has 19 heavy (non-hydrogen) atoms. The van der Waals surface area contributed by atoms with Crippen molar-refractivity contribution >= 4 is 5.71 Å². The van der Waals surface area contributed by atoms with Crippen LogP contribution < -0.4 is 0 Å². The maximum atomic E-state index is 10.5. The van der Waals surface area contributed by atoms with Crippen LogP contribution in [-0.4, -0.2) is 22.1 Å². The van der Waals surface area contributed by atoms with Gasteiger partial charge in [-0.2, -0.15) is 0 Å². The monoisotopic (exact) mass is 269 g/mol. The Morgan fingerprint density at radius 3 is 2.05 bits per heavy atom. The summed E-state index contributed by atoms with van der Waals surface area (Å²) < 4.78 is 0. The second-order valence-corrected chi connectivity index (χ2v) is 5.23. The SMILES string of the molecule is [CH2]CCCC(CC)C(=NO)C(O)C(CC)CCC[CH2]. The Balaban J connectivity index is 4.69. The Morgan fingerprint density at radius 1 is 1.05 bits per heavy atom. The molecule has 0 aliphatic heterocycles. The summed E-state index contributed by atoms with van der Waals surface area (Å²) in [6.45, 7) is 11.8. The highest BCUT2D eigenvalue weighted by molar-refractivity contribution is 5.90. The molecule has 3 heteroatoms. The highest BCUT2D eigenvalue weighted by atomic mass is 16.4. The van der Waals surface area contributed by atoms with Crippen LogP contribution in [0.5, 0.6) is 0 Å². The molecule has 0 aromatic carbocycles. The van der Waals surface area contributed by atoms with Gasteiger partial charge in [-0.05, 0) is 25.2 Å². The summed E-state index contributed by atoms with van der Waals surface area (Å²) in [5, 5.41) is 23.2. The second kappa shape index (κ2) is 11.3. The summed E-state index contributed by atoms with van der Waals surface area (Å²) >= 11 is 0. The molecule has 112 valence electrons. The molecule has 3 unspecified atom stereocenters. The van der Waals surface area contributed by atoms with Gasteiger partial charge in [0.15, 0.2) is 0 Å². The molecule has 0 heterocycles. The number of aliphatic hydroxyl groups is 1. The molecule has 0 aliphatic rings. The number of hydrogen-bond donors (Lipinski definition) is 2. The lowest BCUT2D eigenvalue weighted by Gasteiger charge is -2.26. The zero-order valence-electron chi connectivity index (χ0n) is 12.6. The predicted octanol–water partition coefficient (Wildman–Crippen LogP) is 4.24. The van der Waals surface area contributed by atoms with Crippen molar-refractivity contribution in [1.82, 2.24) is 0 Å². The number of oxime groups is 1. The Labute approximate surface area is 119 Å². The largest absolute Gasteiger partial charge is 0.411 e. The maximum Gasteiger partial charge on any atom is 0.0984 e. The van der Waals surface area contributed by atoms with Crippen LogP contribution in [-0.2, 0) is 0 Å². The summed E-state index contributed by atoms with van der Waals surface area (Å²) in [5.41, 5.74) is 0.562. The van der Waals surface area contributed by atoms with E-state index in [-0.39, 0.29) is 11.8 Å². The lowest BCUT2D eigenvalue weighted by atomic mass is 9.83. The third-order valence-corrected chi connectivity index (χ3v) is 3.93. The van der Waals surface area contributed by atoms with Crippen molar-refractivity contribution in [2.45, 2.75) is 71.3 Å². The Kier molecular flexibility index (Phi) is 10.9. The molecule has 3 nitrogen and oxygen atoms in total. The Hall–Kier alpha value is -0.570. The van der Waals surface area contributed by atoms with Gasteiger partial charge in [0.1, 0.15) is 0 Å². The van der Waals surface area contributed by atoms with E-state index in [0.29, 0.717) is 5.71 Å². The van der Waals surface area contributed by atoms with Crippen LogP contribution in [0.2, 0.25) is 0 Å². The minimum Gasteiger partial charge on any atom is -0.411 e. The molecule has 0 aromatic rings. The van der Waals surface area contributed by atoms with Crippen molar-refractivity contribution in [3.8, 4) is 0 Å². The molecular formula is C16H31NO2. The summed E-state index contributed by atoms with van der Waals surface area (Å²) in [6, 6.07) is 0. The van der Waals surface area contributed by atoms with E-state index in [1.807, 2.05) is 0 Å². The minimum absolute atomic E-state index is 0.163. The molecule has 0 fully saturated rings. The van der Waals surface area contributed by atoms with Gasteiger partial charge in [-0.25, -0.2) is 0 Å².